The Bertz CT molecular complexity index is 890. The first-order valence-electron chi connectivity index (χ1n) is 8.86. The third-order valence-corrected chi connectivity index (χ3v) is 4.42. The molecule has 136 valence electrons. The Kier molecular flexibility index (Phi) is 6.00. The minimum absolute atomic E-state index is 0.340. The summed E-state index contributed by atoms with van der Waals surface area (Å²) in [6.45, 7) is 0. The van der Waals surface area contributed by atoms with Gasteiger partial charge in [0.05, 0.1) is 0 Å². The van der Waals surface area contributed by atoms with Gasteiger partial charge in [-0.3, -0.25) is 4.79 Å². The van der Waals surface area contributed by atoms with Gasteiger partial charge in [-0.05, 0) is 41.7 Å². The van der Waals surface area contributed by atoms with Crippen LogP contribution >= 0.6 is 0 Å². The Morgan fingerprint density at radius 3 is 1.93 bits per heavy atom. The molecule has 0 fully saturated rings. The van der Waals surface area contributed by atoms with E-state index in [4.69, 9.17) is 0 Å². The fourth-order valence-electron chi connectivity index (χ4n) is 2.90. The Balaban J connectivity index is 1.64. The molecule has 1 atom stereocenters. The number of aryl methyl sites for hydroxylation is 1. The lowest BCUT2D eigenvalue weighted by atomic mass is 10.0. The highest BCUT2D eigenvalue weighted by Crippen LogP contribution is 2.19. The summed E-state index contributed by atoms with van der Waals surface area (Å²) in [5, 5.41) is 12.0. The number of carbonyl (C=O) groups excluding carboxylic acids is 1. The van der Waals surface area contributed by atoms with E-state index in [0.29, 0.717) is 18.4 Å². The van der Waals surface area contributed by atoms with E-state index in [0.717, 1.165) is 16.7 Å². The summed E-state index contributed by atoms with van der Waals surface area (Å²) in [5.74, 6) is -1.41. The summed E-state index contributed by atoms with van der Waals surface area (Å²) < 4.78 is 0. The molecule has 0 aliphatic carbocycles. The smallest absolute Gasteiger partial charge is 0.326 e. The maximum atomic E-state index is 12.4. The van der Waals surface area contributed by atoms with Crippen molar-refractivity contribution in [1.29, 1.82) is 0 Å². The van der Waals surface area contributed by atoms with Gasteiger partial charge in [0.25, 0.3) is 5.91 Å². The third-order valence-electron chi connectivity index (χ3n) is 4.42. The predicted molar refractivity (Wildman–Crippen MR) is 106 cm³/mol. The molecule has 1 amide bonds. The molecule has 3 aromatic rings. The summed E-state index contributed by atoms with van der Waals surface area (Å²) in [7, 11) is 0. The number of carbonyl (C=O) groups is 2. The predicted octanol–water partition coefficient (Wildman–Crippen LogP) is 4.17. The van der Waals surface area contributed by atoms with Crippen molar-refractivity contribution >= 4 is 11.9 Å². The van der Waals surface area contributed by atoms with Crippen LogP contribution in [0.15, 0.2) is 84.9 Å². The maximum absolute atomic E-state index is 12.4. The van der Waals surface area contributed by atoms with Gasteiger partial charge in [0.15, 0.2) is 0 Å². The van der Waals surface area contributed by atoms with Crippen LogP contribution < -0.4 is 5.32 Å². The molecule has 2 N–H and O–H groups in total. The van der Waals surface area contributed by atoms with Crippen molar-refractivity contribution in [3.05, 3.63) is 96.1 Å². The zero-order valence-electron chi connectivity index (χ0n) is 14.8. The molecule has 0 radical (unpaired) electrons. The second-order valence-electron chi connectivity index (χ2n) is 6.33. The molecule has 4 heteroatoms. The summed E-state index contributed by atoms with van der Waals surface area (Å²) in [6.07, 6.45) is 0.929. The second kappa shape index (κ2) is 8.81. The molecule has 0 aliphatic rings. The minimum Gasteiger partial charge on any atom is -0.480 e. The van der Waals surface area contributed by atoms with E-state index in [9.17, 15) is 14.7 Å². The number of carboxylic acid groups (broad SMARTS) is 1. The van der Waals surface area contributed by atoms with Gasteiger partial charge in [0, 0.05) is 5.56 Å². The number of hydrogen-bond donors (Lipinski definition) is 2. The van der Waals surface area contributed by atoms with Gasteiger partial charge in [-0.2, -0.15) is 0 Å². The molecule has 0 bridgehead atoms. The second-order valence-corrected chi connectivity index (χ2v) is 6.33. The monoisotopic (exact) mass is 359 g/mol. The summed E-state index contributed by atoms with van der Waals surface area (Å²) in [5.41, 5.74) is 3.56. The number of benzene rings is 3. The molecule has 0 saturated carbocycles. The molecule has 3 rings (SSSR count). The van der Waals surface area contributed by atoms with Crippen LogP contribution in [0, 0.1) is 0 Å². The van der Waals surface area contributed by atoms with Crippen LogP contribution in [-0.4, -0.2) is 23.0 Å². The average Bonchev–Trinajstić information content (AvgIpc) is 2.72. The normalized spacial score (nSPS) is 11.6. The molecule has 0 aromatic heterocycles. The van der Waals surface area contributed by atoms with E-state index in [1.807, 2.05) is 72.8 Å². The number of carboxylic acids is 1. The van der Waals surface area contributed by atoms with Crippen molar-refractivity contribution in [1.82, 2.24) is 5.32 Å². The van der Waals surface area contributed by atoms with Crippen molar-refractivity contribution in [3.8, 4) is 11.1 Å². The summed E-state index contributed by atoms with van der Waals surface area (Å²) in [4.78, 5) is 24.0. The Hall–Kier alpha value is -3.40. The van der Waals surface area contributed by atoms with E-state index in [2.05, 4.69) is 5.32 Å². The highest BCUT2D eigenvalue weighted by molar-refractivity contribution is 5.97. The summed E-state index contributed by atoms with van der Waals surface area (Å²) in [6, 6.07) is 25.7. The van der Waals surface area contributed by atoms with Gasteiger partial charge < -0.3 is 10.4 Å². The van der Waals surface area contributed by atoms with Crippen LogP contribution in [0.3, 0.4) is 0 Å². The van der Waals surface area contributed by atoms with E-state index < -0.39 is 12.0 Å². The topological polar surface area (TPSA) is 66.4 Å². The lowest BCUT2D eigenvalue weighted by Crippen LogP contribution is -2.41. The molecule has 0 saturated heterocycles. The Labute approximate surface area is 158 Å². The van der Waals surface area contributed by atoms with Crippen LogP contribution in [0.4, 0.5) is 0 Å². The standard InChI is InChI=1S/C23H21NO3/c25-22(20-14-12-19(13-15-20)18-9-5-2-6-10-18)24-21(23(26)27)16-11-17-7-3-1-4-8-17/h1-10,12-15,21H,11,16H2,(H,24,25)(H,26,27)/t21-/m0/s1. The first-order valence-corrected chi connectivity index (χ1v) is 8.86. The summed E-state index contributed by atoms with van der Waals surface area (Å²) >= 11 is 0. The number of amides is 1. The first kappa shape index (κ1) is 18.4. The number of hydrogen-bond acceptors (Lipinski definition) is 2. The first-order chi connectivity index (χ1) is 13.1. The van der Waals surface area contributed by atoms with Gasteiger partial charge in [-0.25, -0.2) is 4.79 Å². The van der Waals surface area contributed by atoms with E-state index in [1.54, 1.807) is 12.1 Å². The van der Waals surface area contributed by atoms with Crippen molar-refractivity contribution < 1.29 is 14.7 Å². The Morgan fingerprint density at radius 2 is 1.33 bits per heavy atom. The number of rotatable bonds is 7. The molecule has 0 unspecified atom stereocenters. The lowest BCUT2D eigenvalue weighted by molar-refractivity contribution is -0.139. The van der Waals surface area contributed by atoms with Crippen LogP contribution in [0.2, 0.25) is 0 Å². The van der Waals surface area contributed by atoms with Gasteiger partial charge in [-0.15, -0.1) is 0 Å². The van der Waals surface area contributed by atoms with Crippen LogP contribution in [-0.2, 0) is 11.2 Å². The van der Waals surface area contributed by atoms with Gasteiger partial charge in [0.1, 0.15) is 6.04 Å². The van der Waals surface area contributed by atoms with Gasteiger partial charge in [-0.1, -0.05) is 72.8 Å². The molecule has 3 aromatic carbocycles. The lowest BCUT2D eigenvalue weighted by Gasteiger charge is -2.15. The molecule has 0 heterocycles. The molecular formula is C23H21NO3. The molecule has 0 aliphatic heterocycles. The number of aliphatic carboxylic acids is 1. The van der Waals surface area contributed by atoms with Gasteiger partial charge in [0.2, 0.25) is 0 Å². The fraction of sp³-hybridized carbons (Fsp3) is 0.130. The van der Waals surface area contributed by atoms with Crippen molar-refractivity contribution in [2.45, 2.75) is 18.9 Å². The van der Waals surface area contributed by atoms with E-state index >= 15 is 0 Å². The Morgan fingerprint density at radius 1 is 0.778 bits per heavy atom. The molecule has 27 heavy (non-hydrogen) atoms. The van der Waals surface area contributed by atoms with Crippen molar-refractivity contribution in [2.24, 2.45) is 0 Å². The molecular weight excluding hydrogens is 338 g/mol. The quantitative estimate of drug-likeness (QED) is 0.665. The van der Waals surface area contributed by atoms with Crippen LogP contribution in [0.5, 0.6) is 0 Å². The van der Waals surface area contributed by atoms with E-state index in [1.165, 1.54) is 0 Å². The van der Waals surface area contributed by atoms with Crippen molar-refractivity contribution in [3.63, 3.8) is 0 Å². The van der Waals surface area contributed by atoms with Gasteiger partial charge >= 0.3 is 5.97 Å². The highest BCUT2D eigenvalue weighted by Gasteiger charge is 2.20. The number of nitrogens with one attached hydrogen (secondary N) is 1. The third kappa shape index (κ3) is 5.05. The zero-order chi connectivity index (χ0) is 19.1. The van der Waals surface area contributed by atoms with Crippen LogP contribution in [0.1, 0.15) is 22.3 Å². The van der Waals surface area contributed by atoms with Crippen molar-refractivity contribution in [2.75, 3.05) is 0 Å². The van der Waals surface area contributed by atoms with E-state index in [-0.39, 0.29) is 5.91 Å². The zero-order valence-corrected chi connectivity index (χ0v) is 14.8. The van der Waals surface area contributed by atoms with Crippen LogP contribution in [0.25, 0.3) is 11.1 Å². The fourth-order valence-corrected chi connectivity index (χ4v) is 2.90. The average molecular weight is 359 g/mol. The maximum Gasteiger partial charge on any atom is 0.326 e. The SMILES string of the molecule is O=C(N[C@@H](CCc1ccccc1)C(=O)O)c1ccc(-c2ccccc2)cc1. The highest BCUT2D eigenvalue weighted by atomic mass is 16.4. The molecule has 0 spiro atoms. The molecule has 4 nitrogen and oxygen atoms in total. The minimum atomic E-state index is -1.03. The largest absolute Gasteiger partial charge is 0.480 e.